The number of halogens is 1. The van der Waals surface area contributed by atoms with E-state index < -0.39 is 10.7 Å². The predicted octanol–water partition coefficient (Wildman–Crippen LogP) is 4.09. The molecule has 102 valence electrons. The smallest absolute Gasteiger partial charge is 0.270 e. The zero-order valence-corrected chi connectivity index (χ0v) is 11.3. The van der Waals surface area contributed by atoms with Crippen molar-refractivity contribution in [1.29, 1.82) is 0 Å². The van der Waals surface area contributed by atoms with Gasteiger partial charge in [-0.3, -0.25) is 14.9 Å². The van der Waals surface area contributed by atoms with Crippen molar-refractivity contribution in [3.8, 4) is 0 Å². The third-order valence-corrected chi connectivity index (χ3v) is 3.74. The Morgan fingerprint density at radius 1 is 1.20 bits per heavy atom. The quantitative estimate of drug-likeness (QED) is 0.483. The van der Waals surface area contributed by atoms with E-state index in [4.69, 9.17) is 0 Å². The summed E-state index contributed by atoms with van der Waals surface area (Å²) in [5.41, 5.74) is 0.0561. The first-order valence-corrected chi connectivity index (χ1v) is 6.52. The number of non-ortho nitro benzene ring substituents is 1. The monoisotopic (exact) mass is 291 g/mol. The third kappa shape index (κ3) is 3.03. The first-order valence-electron chi connectivity index (χ1n) is 5.71. The van der Waals surface area contributed by atoms with Crippen LogP contribution in [-0.4, -0.2) is 10.7 Å². The molecule has 0 bridgehead atoms. The predicted molar refractivity (Wildman–Crippen MR) is 73.6 cm³/mol. The van der Waals surface area contributed by atoms with Gasteiger partial charge >= 0.3 is 0 Å². The first-order chi connectivity index (χ1) is 9.49. The first kappa shape index (κ1) is 14.2. The molecule has 0 amide bonds. The van der Waals surface area contributed by atoms with E-state index in [1.165, 1.54) is 31.2 Å². The Hall–Kier alpha value is -2.21. The average Bonchev–Trinajstić information content (AvgIpc) is 2.41. The maximum Gasteiger partial charge on any atom is 0.270 e. The fourth-order valence-corrected chi connectivity index (χ4v) is 2.64. The summed E-state index contributed by atoms with van der Waals surface area (Å²) in [5.74, 6) is -0.696. The summed E-state index contributed by atoms with van der Waals surface area (Å²) in [6.45, 7) is 1.32. The molecule has 0 atom stereocenters. The van der Waals surface area contributed by atoms with Gasteiger partial charge in [0.15, 0.2) is 5.78 Å². The van der Waals surface area contributed by atoms with Crippen molar-refractivity contribution in [3.05, 3.63) is 64.0 Å². The van der Waals surface area contributed by atoms with E-state index in [0.29, 0.717) is 9.79 Å². The summed E-state index contributed by atoms with van der Waals surface area (Å²) in [6, 6.07) is 10.1. The molecule has 0 aliphatic carbocycles. The van der Waals surface area contributed by atoms with Crippen molar-refractivity contribution in [1.82, 2.24) is 0 Å². The average molecular weight is 291 g/mol. The molecule has 0 fully saturated rings. The number of hydrogen-bond donors (Lipinski definition) is 0. The molecule has 0 aromatic heterocycles. The van der Waals surface area contributed by atoms with E-state index in [2.05, 4.69) is 0 Å². The van der Waals surface area contributed by atoms with Crippen LogP contribution in [0.5, 0.6) is 0 Å². The van der Waals surface area contributed by atoms with Gasteiger partial charge in [-0.05, 0) is 25.1 Å². The number of nitro groups is 1. The van der Waals surface area contributed by atoms with Crippen LogP contribution in [0.25, 0.3) is 0 Å². The van der Waals surface area contributed by atoms with Crippen LogP contribution in [0.3, 0.4) is 0 Å². The van der Waals surface area contributed by atoms with Gasteiger partial charge in [-0.1, -0.05) is 23.9 Å². The summed E-state index contributed by atoms with van der Waals surface area (Å²) in [5, 5.41) is 10.7. The Labute approximate surface area is 118 Å². The minimum atomic E-state index is -0.565. The van der Waals surface area contributed by atoms with E-state index in [1.54, 1.807) is 18.2 Å². The van der Waals surface area contributed by atoms with Gasteiger partial charge in [-0.25, -0.2) is 4.39 Å². The van der Waals surface area contributed by atoms with E-state index >= 15 is 0 Å². The Morgan fingerprint density at radius 2 is 1.90 bits per heavy atom. The van der Waals surface area contributed by atoms with Crippen LogP contribution in [0.2, 0.25) is 0 Å². The maximum absolute atomic E-state index is 13.6. The number of nitro benzene ring substituents is 1. The van der Waals surface area contributed by atoms with Gasteiger partial charge in [0.2, 0.25) is 0 Å². The number of rotatable bonds is 4. The second-order valence-electron chi connectivity index (χ2n) is 4.03. The minimum Gasteiger partial charge on any atom is -0.294 e. The number of carbonyl (C=O) groups is 1. The highest BCUT2D eigenvalue weighted by molar-refractivity contribution is 7.99. The molecule has 0 saturated heterocycles. The van der Waals surface area contributed by atoms with Gasteiger partial charge < -0.3 is 0 Å². The molecule has 0 heterocycles. The topological polar surface area (TPSA) is 60.2 Å². The molecule has 0 radical (unpaired) electrons. The number of Topliss-reactive ketones (excluding diaryl/α,β-unsaturated/α-hetero) is 1. The number of carbonyl (C=O) groups excluding carboxylic acids is 1. The maximum atomic E-state index is 13.6. The van der Waals surface area contributed by atoms with E-state index in [0.717, 1.165) is 11.8 Å². The van der Waals surface area contributed by atoms with Crippen molar-refractivity contribution in [2.75, 3.05) is 0 Å². The highest BCUT2D eigenvalue weighted by atomic mass is 32.2. The van der Waals surface area contributed by atoms with E-state index in [9.17, 15) is 19.3 Å². The Kier molecular flexibility index (Phi) is 4.14. The Balaban J connectivity index is 2.44. The van der Waals surface area contributed by atoms with Crippen LogP contribution in [0.1, 0.15) is 17.3 Å². The fraction of sp³-hybridized carbons (Fsp3) is 0.0714. The zero-order valence-electron chi connectivity index (χ0n) is 10.5. The summed E-state index contributed by atoms with van der Waals surface area (Å²) < 4.78 is 13.6. The summed E-state index contributed by atoms with van der Waals surface area (Å²) >= 11 is 1.07. The second kappa shape index (κ2) is 5.83. The largest absolute Gasteiger partial charge is 0.294 e. The summed E-state index contributed by atoms with van der Waals surface area (Å²) in [6.07, 6.45) is 0. The normalized spacial score (nSPS) is 10.3. The molecule has 0 N–H and O–H groups in total. The van der Waals surface area contributed by atoms with Gasteiger partial charge in [0.1, 0.15) is 5.82 Å². The number of nitrogens with zero attached hydrogens (tertiary/aromatic N) is 1. The van der Waals surface area contributed by atoms with Crippen molar-refractivity contribution in [2.24, 2.45) is 0 Å². The minimum absolute atomic E-state index is 0.159. The van der Waals surface area contributed by atoms with Crippen LogP contribution in [-0.2, 0) is 0 Å². The summed E-state index contributed by atoms with van der Waals surface area (Å²) in [4.78, 5) is 22.6. The molecule has 0 aliphatic rings. The Morgan fingerprint density at radius 3 is 2.50 bits per heavy atom. The third-order valence-electron chi connectivity index (χ3n) is 2.61. The molecule has 2 rings (SSSR count). The molecule has 2 aromatic rings. The van der Waals surface area contributed by atoms with Crippen molar-refractivity contribution in [2.45, 2.75) is 16.7 Å². The lowest BCUT2D eigenvalue weighted by molar-refractivity contribution is -0.384. The molecule has 6 heteroatoms. The highest BCUT2D eigenvalue weighted by Crippen LogP contribution is 2.34. The molecule has 0 saturated carbocycles. The van der Waals surface area contributed by atoms with Gasteiger partial charge in [-0.2, -0.15) is 0 Å². The van der Waals surface area contributed by atoms with Gasteiger partial charge in [-0.15, -0.1) is 0 Å². The Bertz CT molecular complexity index is 688. The highest BCUT2D eigenvalue weighted by Gasteiger charge is 2.15. The van der Waals surface area contributed by atoms with Gasteiger partial charge in [0.25, 0.3) is 5.69 Å². The standard InChI is InChI=1S/C14H10FNO3S/c1-9(17)11-8-10(16(18)19)6-7-13(11)20-14-5-3-2-4-12(14)15/h2-8H,1H3. The van der Waals surface area contributed by atoms with Crippen molar-refractivity contribution >= 4 is 23.2 Å². The zero-order chi connectivity index (χ0) is 14.7. The molecular weight excluding hydrogens is 281 g/mol. The number of benzene rings is 2. The van der Waals surface area contributed by atoms with Crippen LogP contribution in [0.15, 0.2) is 52.3 Å². The molecule has 0 spiro atoms. The second-order valence-corrected chi connectivity index (χ2v) is 5.11. The van der Waals surface area contributed by atoms with Crippen molar-refractivity contribution < 1.29 is 14.1 Å². The van der Waals surface area contributed by atoms with Gasteiger partial charge in [0, 0.05) is 27.5 Å². The van der Waals surface area contributed by atoms with Crippen molar-refractivity contribution in [3.63, 3.8) is 0 Å². The fourth-order valence-electron chi connectivity index (χ4n) is 1.64. The number of hydrogen-bond acceptors (Lipinski definition) is 4. The lowest BCUT2D eigenvalue weighted by atomic mass is 10.1. The van der Waals surface area contributed by atoms with Crippen LogP contribution in [0, 0.1) is 15.9 Å². The van der Waals surface area contributed by atoms with E-state index in [1.807, 2.05) is 0 Å². The molecule has 20 heavy (non-hydrogen) atoms. The van der Waals surface area contributed by atoms with Crippen LogP contribution in [0.4, 0.5) is 10.1 Å². The molecule has 2 aromatic carbocycles. The van der Waals surface area contributed by atoms with Crippen LogP contribution < -0.4 is 0 Å². The molecule has 0 unspecified atom stereocenters. The summed E-state index contributed by atoms with van der Waals surface area (Å²) in [7, 11) is 0. The molecule has 0 aliphatic heterocycles. The van der Waals surface area contributed by atoms with Gasteiger partial charge in [0.05, 0.1) is 4.92 Å². The van der Waals surface area contributed by atoms with Crippen LogP contribution >= 0.6 is 11.8 Å². The number of ketones is 1. The lowest BCUT2D eigenvalue weighted by Gasteiger charge is -2.07. The molecule has 4 nitrogen and oxygen atoms in total. The van der Waals surface area contributed by atoms with E-state index in [-0.39, 0.29) is 17.0 Å². The lowest BCUT2D eigenvalue weighted by Crippen LogP contribution is -1.98. The SMILES string of the molecule is CC(=O)c1cc([N+](=O)[O-])ccc1Sc1ccccc1F. The molecular formula is C14H10FNO3S.